The fourth-order valence-electron chi connectivity index (χ4n) is 4.94. The number of nitrogens with zero attached hydrogens (tertiary/aromatic N) is 2. The minimum Gasteiger partial charge on any atom is -0.462 e. The predicted molar refractivity (Wildman–Crippen MR) is 197 cm³/mol. The van der Waals surface area contributed by atoms with E-state index in [2.05, 4.69) is 37.6 Å². The van der Waals surface area contributed by atoms with Crippen LogP contribution in [-0.2, 0) is 28.6 Å². The van der Waals surface area contributed by atoms with Crippen LogP contribution in [0.3, 0.4) is 0 Å². The molecule has 0 radical (unpaired) electrons. The highest BCUT2D eigenvalue weighted by atomic mass is 16.5. The van der Waals surface area contributed by atoms with Gasteiger partial charge in [0.05, 0.1) is 32.7 Å². The SMILES string of the molecule is C=CC(=O)OCC/C=C\CC(C=C)CC/C=C/COC(=O)CCN(CCCN(CCO)CCO)CCC(=O)OC/C=C\CC(C=C)CCC. The maximum atomic E-state index is 12.5. The van der Waals surface area contributed by atoms with E-state index >= 15 is 0 Å². The molecule has 0 heterocycles. The summed E-state index contributed by atoms with van der Waals surface area (Å²) >= 11 is 0. The lowest BCUT2D eigenvalue weighted by molar-refractivity contribution is -0.143. The van der Waals surface area contributed by atoms with Crippen molar-refractivity contribution in [1.82, 2.24) is 9.80 Å². The van der Waals surface area contributed by atoms with Gasteiger partial charge in [-0.2, -0.15) is 0 Å². The summed E-state index contributed by atoms with van der Waals surface area (Å²) < 4.78 is 15.7. The van der Waals surface area contributed by atoms with Gasteiger partial charge in [-0.1, -0.05) is 68.5 Å². The standard InChI is InChI=1S/C39H64N2O8/c1-5-18-35(6-2)21-13-16-34-49-39(46)23-27-40(24-17-25-41(28-30-42)29-31-43)26-22-38(45)48-33-15-10-12-20-36(7-3)19-11-9-14-32-47-37(44)8-4/h6-11,13,15-16,35-36,42-43H,2-5,12,14,17-34H2,1H3/b11-9-,15-10+,16-13-. The number of aliphatic hydroxyl groups excluding tert-OH is 2. The Balaban J connectivity index is 4.63. The number of carbonyl (C=O) groups excluding carboxylic acids is 3. The van der Waals surface area contributed by atoms with E-state index in [1.165, 1.54) is 0 Å². The molecular weight excluding hydrogens is 624 g/mol. The van der Waals surface area contributed by atoms with Crippen LogP contribution in [0, 0.1) is 11.8 Å². The first kappa shape index (κ1) is 45.7. The second kappa shape index (κ2) is 33.2. The van der Waals surface area contributed by atoms with Crippen molar-refractivity contribution in [3.63, 3.8) is 0 Å². The molecule has 0 fully saturated rings. The molecule has 278 valence electrons. The molecule has 0 aromatic carbocycles. The van der Waals surface area contributed by atoms with Gasteiger partial charge in [-0.25, -0.2) is 4.79 Å². The van der Waals surface area contributed by atoms with Crippen LogP contribution in [0.4, 0.5) is 0 Å². The van der Waals surface area contributed by atoms with Gasteiger partial charge in [-0.05, 0) is 69.9 Å². The van der Waals surface area contributed by atoms with Crippen molar-refractivity contribution in [2.75, 3.05) is 72.3 Å². The molecule has 0 aromatic heterocycles. The predicted octanol–water partition coefficient (Wildman–Crippen LogP) is 5.58. The van der Waals surface area contributed by atoms with Crippen molar-refractivity contribution < 1.29 is 38.8 Å². The van der Waals surface area contributed by atoms with Gasteiger partial charge in [0.1, 0.15) is 13.2 Å². The molecule has 0 rings (SSSR count). The molecule has 0 saturated carbocycles. The number of aliphatic hydroxyl groups is 2. The molecule has 0 spiro atoms. The highest BCUT2D eigenvalue weighted by molar-refractivity contribution is 5.81. The van der Waals surface area contributed by atoms with Crippen LogP contribution in [0.2, 0.25) is 0 Å². The average Bonchev–Trinajstić information content (AvgIpc) is 3.10. The molecule has 2 N–H and O–H groups in total. The average molecular weight is 689 g/mol. The number of ether oxygens (including phenoxy) is 3. The second-order valence-corrected chi connectivity index (χ2v) is 11.8. The van der Waals surface area contributed by atoms with Gasteiger partial charge in [0.2, 0.25) is 0 Å². The molecule has 0 saturated heterocycles. The highest BCUT2D eigenvalue weighted by Crippen LogP contribution is 2.14. The lowest BCUT2D eigenvalue weighted by atomic mass is 9.99. The third kappa shape index (κ3) is 28.3. The van der Waals surface area contributed by atoms with Crippen LogP contribution in [0.15, 0.2) is 74.4 Å². The number of rotatable bonds is 33. The Morgan fingerprint density at radius 3 is 1.69 bits per heavy atom. The Morgan fingerprint density at radius 2 is 1.16 bits per heavy atom. The maximum Gasteiger partial charge on any atom is 0.330 e. The van der Waals surface area contributed by atoms with E-state index in [4.69, 9.17) is 14.2 Å². The molecule has 10 heteroatoms. The summed E-state index contributed by atoms with van der Waals surface area (Å²) in [6.07, 6.45) is 24.3. The maximum absolute atomic E-state index is 12.5. The van der Waals surface area contributed by atoms with Crippen molar-refractivity contribution >= 4 is 17.9 Å². The van der Waals surface area contributed by atoms with Gasteiger partial charge < -0.3 is 29.3 Å². The van der Waals surface area contributed by atoms with Gasteiger partial charge >= 0.3 is 17.9 Å². The molecular formula is C39H64N2O8. The number of hydrogen-bond acceptors (Lipinski definition) is 10. The molecule has 10 nitrogen and oxygen atoms in total. The third-order valence-electron chi connectivity index (χ3n) is 7.83. The van der Waals surface area contributed by atoms with Crippen LogP contribution in [-0.4, -0.2) is 110 Å². The minimum absolute atomic E-state index is 0.0152. The Labute approximate surface area is 295 Å². The Morgan fingerprint density at radius 1 is 0.653 bits per heavy atom. The smallest absolute Gasteiger partial charge is 0.330 e. The van der Waals surface area contributed by atoms with E-state index in [-0.39, 0.29) is 51.2 Å². The van der Waals surface area contributed by atoms with Crippen molar-refractivity contribution in [1.29, 1.82) is 0 Å². The van der Waals surface area contributed by atoms with Crippen LogP contribution in [0.1, 0.15) is 71.1 Å². The summed E-state index contributed by atoms with van der Waals surface area (Å²) in [5, 5.41) is 18.6. The zero-order valence-corrected chi connectivity index (χ0v) is 30.1. The van der Waals surface area contributed by atoms with E-state index in [9.17, 15) is 24.6 Å². The van der Waals surface area contributed by atoms with Crippen molar-refractivity contribution in [3.8, 4) is 0 Å². The summed E-state index contributed by atoms with van der Waals surface area (Å²) in [6, 6.07) is 0. The monoisotopic (exact) mass is 688 g/mol. The first-order valence-corrected chi connectivity index (χ1v) is 17.8. The Hall–Kier alpha value is -3.31. The van der Waals surface area contributed by atoms with Crippen LogP contribution < -0.4 is 0 Å². The van der Waals surface area contributed by atoms with Crippen LogP contribution in [0.5, 0.6) is 0 Å². The van der Waals surface area contributed by atoms with Gasteiger partial charge in [0.25, 0.3) is 0 Å². The highest BCUT2D eigenvalue weighted by Gasteiger charge is 2.13. The normalized spacial score (nSPS) is 12.9. The van der Waals surface area contributed by atoms with Crippen molar-refractivity contribution in [2.24, 2.45) is 11.8 Å². The molecule has 0 aliphatic rings. The fraction of sp³-hybridized carbons (Fsp3) is 0.615. The summed E-state index contributed by atoms with van der Waals surface area (Å²) in [5.74, 6) is -0.265. The van der Waals surface area contributed by atoms with Gasteiger partial charge in [-0.3, -0.25) is 14.5 Å². The molecule has 49 heavy (non-hydrogen) atoms. The summed E-state index contributed by atoms with van der Waals surface area (Å²) in [7, 11) is 0. The number of allylic oxidation sites excluding steroid dienone is 5. The largest absolute Gasteiger partial charge is 0.462 e. The molecule has 2 atom stereocenters. The summed E-state index contributed by atoms with van der Waals surface area (Å²) in [6.45, 7) is 17.3. The number of hydrogen-bond donors (Lipinski definition) is 2. The lowest BCUT2D eigenvalue weighted by Gasteiger charge is -2.24. The van der Waals surface area contributed by atoms with Crippen LogP contribution >= 0.6 is 0 Å². The van der Waals surface area contributed by atoms with E-state index in [0.717, 1.165) is 51.0 Å². The second-order valence-electron chi connectivity index (χ2n) is 11.8. The zero-order chi connectivity index (χ0) is 36.4. The zero-order valence-electron chi connectivity index (χ0n) is 30.1. The Kier molecular flexibility index (Phi) is 31.0. The molecule has 2 unspecified atom stereocenters. The first-order valence-electron chi connectivity index (χ1n) is 17.8. The minimum atomic E-state index is -0.417. The lowest BCUT2D eigenvalue weighted by Crippen LogP contribution is -2.35. The summed E-state index contributed by atoms with van der Waals surface area (Å²) in [4.78, 5) is 40.0. The number of carbonyl (C=O) groups is 3. The molecule has 0 amide bonds. The third-order valence-corrected chi connectivity index (χ3v) is 7.83. The summed E-state index contributed by atoms with van der Waals surface area (Å²) in [5.41, 5.74) is 0. The van der Waals surface area contributed by atoms with E-state index in [1.807, 2.05) is 47.4 Å². The fourth-order valence-corrected chi connectivity index (χ4v) is 4.94. The van der Waals surface area contributed by atoms with Crippen molar-refractivity contribution in [3.05, 3.63) is 74.4 Å². The quantitative estimate of drug-likeness (QED) is 0.0297. The van der Waals surface area contributed by atoms with Crippen molar-refractivity contribution in [2.45, 2.75) is 71.1 Å². The molecule has 0 aromatic rings. The van der Waals surface area contributed by atoms with Gasteiger partial charge in [-0.15, -0.1) is 13.2 Å². The Bertz CT molecular complexity index is 988. The first-order chi connectivity index (χ1) is 23.8. The molecule has 0 aliphatic carbocycles. The number of esters is 3. The van der Waals surface area contributed by atoms with E-state index in [0.29, 0.717) is 64.1 Å². The van der Waals surface area contributed by atoms with E-state index in [1.54, 1.807) is 0 Å². The topological polar surface area (TPSA) is 126 Å². The molecule has 0 bridgehead atoms. The van der Waals surface area contributed by atoms with Crippen LogP contribution in [0.25, 0.3) is 0 Å². The van der Waals surface area contributed by atoms with Gasteiger partial charge in [0.15, 0.2) is 0 Å². The molecule has 0 aliphatic heterocycles. The van der Waals surface area contributed by atoms with E-state index < -0.39 is 5.97 Å². The van der Waals surface area contributed by atoms with Gasteiger partial charge in [0, 0.05) is 32.3 Å².